The molecule has 0 aliphatic rings. The van der Waals surface area contributed by atoms with Crippen molar-refractivity contribution in [2.75, 3.05) is 11.9 Å². The van der Waals surface area contributed by atoms with Crippen molar-refractivity contribution in [3.8, 4) is 5.75 Å². The van der Waals surface area contributed by atoms with Crippen molar-refractivity contribution in [2.45, 2.75) is 33.0 Å². The van der Waals surface area contributed by atoms with E-state index in [2.05, 4.69) is 15.3 Å². The number of H-pyrrole nitrogens is 1. The van der Waals surface area contributed by atoms with Crippen LogP contribution < -0.4 is 21.3 Å². The molecule has 4 aromatic rings. The van der Waals surface area contributed by atoms with Gasteiger partial charge in [-0.25, -0.2) is 4.79 Å². The van der Waals surface area contributed by atoms with Crippen LogP contribution in [0, 0.1) is 13.8 Å². The lowest BCUT2D eigenvalue weighted by atomic mass is 10.1. The molecule has 32 heavy (non-hydrogen) atoms. The Balaban J connectivity index is 1.60. The van der Waals surface area contributed by atoms with Gasteiger partial charge in [0.15, 0.2) is 11.2 Å². The summed E-state index contributed by atoms with van der Waals surface area (Å²) >= 11 is 0. The maximum atomic E-state index is 12.6. The number of rotatable bonds is 8. The maximum absolute atomic E-state index is 12.6. The van der Waals surface area contributed by atoms with Crippen molar-refractivity contribution in [2.24, 2.45) is 7.05 Å². The Hall–Kier alpha value is -3.79. The highest BCUT2D eigenvalue weighted by molar-refractivity contribution is 5.74. The van der Waals surface area contributed by atoms with Crippen LogP contribution in [0.1, 0.15) is 16.9 Å². The number of imidazole rings is 1. The summed E-state index contributed by atoms with van der Waals surface area (Å²) in [6.07, 6.45) is 0.622. The van der Waals surface area contributed by atoms with Crippen LogP contribution in [-0.4, -0.2) is 36.9 Å². The molecule has 168 valence electrons. The van der Waals surface area contributed by atoms with Crippen molar-refractivity contribution >= 4 is 17.1 Å². The molecule has 0 aliphatic heterocycles. The average Bonchev–Trinajstić information content (AvgIpc) is 3.40. The molecular formula is C22H25N5O5. The Morgan fingerprint density at radius 3 is 2.78 bits per heavy atom. The summed E-state index contributed by atoms with van der Waals surface area (Å²) in [5.74, 6) is 1.65. The minimum absolute atomic E-state index is 0.0173. The highest BCUT2D eigenvalue weighted by Crippen LogP contribution is 2.19. The van der Waals surface area contributed by atoms with Gasteiger partial charge in [-0.1, -0.05) is 6.07 Å². The van der Waals surface area contributed by atoms with Gasteiger partial charge in [0.05, 0.1) is 19.4 Å². The van der Waals surface area contributed by atoms with Crippen LogP contribution in [0.3, 0.4) is 0 Å². The van der Waals surface area contributed by atoms with E-state index in [1.54, 1.807) is 23.0 Å². The summed E-state index contributed by atoms with van der Waals surface area (Å²) in [6.45, 7) is 4.37. The van der Waals surface area contributed by atoms with Gasteiger partial charge in [-0.05, 0) is 49.2 Å². The zero-order valence-electron chi connectivity index (χ0n) is 18.1. The number of fused-ring (bicyclic) bond motifs is 1. The van der Waals surface area contributed by atoms with Gasteiger partial charge in [0.2, 0.25) is 5.95 Å². The molecule has 10 heteroatoms. The van der Waals surface area contributed by atoms with Gasteiger partial charge in [-0.2, -0.15) is 4.98 Å². The van der Waals surface area contributed by atoms with Crippen LogP contribution in [0.25, 0.3) is 11.2 Å². The van der Waals surface area contributed by atoms with Gasteiger partial charge in [0.25, 0.3) is 5.56 Å². The molecular weight excluding hydrogens is 414 g/mol. The highest BCUT2D eigenvalue weighted by atomic mass is 16.5. The first-order valence-corrected chi connectivity index (χ1v) is 10.2. The van der Waals surface area contributed by atoms with Crippen LogP contribution in [-0.2, 0) is 20.1 Å². The van der Waals surface area contributed by atoms with E-state index in [0.29, 0.717) is 24.0 Å². The first-order chi connectivity index (χ1) is 15.3. The minimum atomic E-state index is -0.935. The fourth-order valence-corrected chi connectivity index (χ4v) is 3.39. The van der Waals surface area contributed by atoms with Crippen LogP contribution in [0.5, 0.6) is 5.75 Å². The Kier molecular flexibility index (Phi) is 5.87. The normalized spacial score (nSPS) is 12.2. The van der Waals surface area contributed by atoms with Crippen LogP contribution in [0.2, 0.25) is 0 Å². The zero-order valence-corrected chi connectivity index (χ0v) is 18.1. The number of anilines is 1. The summed E-state index contributed by atoms with van der Waals surface area (Å²) in [6, 6.07) is 9.28. The number of aromatic nitrogens is 4. The summed E-state index contributed by atoms with van der Waals surface area (Å²) < 4.78 is 13.9. The Labute approximate surface area is 183 Å². The number of aryl methyl sites for hydroxylation is 3. The number of nitrogens with zero attached hydrogens (tertiary/aromatic N) is 3. The second-order valence-electron chi connectivity index (χ2n) is 7.68. The third kappa shape index (κ3) is 4.30. The minimum Gasteiger partial charge on any atom is -0.491 e. The number of furan rings is 1. The molecule has 4 rings (SSSR count). The van der Waals surface area contributed by atoms with Gasteiger partial charge >= 0.3 is 5.69 Å². The molecule has 0 saturated carbocycles. The Bertz CT molecular complexity index is 1350. The number of hydrogen-bond donors (Lipinski definition) is 3. The summed E-state index contributed by atoms with van der Waals surface area (Å²) in [5.41, 5.74) is 1.49. The number of benzene rings is 1. The van der Waals surface area contributed by atoms with Gasteiger partial charge in [0.1, 0.15) is 24.2 Å². The lowest BCUT2D eigenvalue weighted by molar-refractivity contribution is 0.0938. The number of aromatic amines is 1. The fraction of sp³-hybridized carbons (Fsp3) is 0.318. The first kappa shape index (κ1) is 21.4. The van der Waals surface area contributed by atoms with E-state index < -0.39 is 17.4 Å². The number of aliphatic hydroxyl groups excluding tert-OH is 1. The topological polar surface area (TPSA) is 127 Å². The zero-order chi connectivity index (χ0) is 22.8. The van der Waals surface area contributed by atoms with Crippen molar-refractivity contribution in [3.63, 3.8) is 0 Å². The molecule has 1 atom stereocenters. The average molecular weight is 439 g/mol. The molecule has 0 radical (unpaired) electrons. The predicted molar refractivity (Wildman–Crippen MR) is 119 cm³/mol. The van der Waals surface area contributed by atoms with Gasteiger partial charge in [-0.15, -0.1) is 0 Å². The third-order valence-electron chi connectivity index (χ3n) is 5.32. The lowest BCUT2D eigenvalue weighted by Gasteiger charge is -2.16. The second-order valence-corrected chi connectivity index (χ2v) is 7.68. The van der Waals surface area contributed by atoms with Crippen molar-refractivity contribution in [3.05, 3.63) is 74.3 Å². The standard InChI is InChI=1S/C22H25N5O5/c1-13-6-7-16(9-14(13)2)32-12-15(28)11-27-18-19(26(3)22(30)25-20(18)29)24-21(27)23-10-17-5-4-8-31-17/h4-9,15,28H,10-12H2,1-3H3,(H,23,24)(H,25,29,30). The lowest BCUT2D eigenvalue weighted by Crippen LogP contribution is -2.31. The Morgan fingerprint density at radius 1 is 1.25 bits per heavy atom. The quantitative estimate of drug-likeness (QED) is 0.381. The molecule has 3 aromatic heterocycles. The van der Waals surface area contributed by atoms with Crippen LogP contribution >= 0.6 is 0 Å². The molecule has 0 aliphatic carbocycles. The highest BCUT2D eigenvalue weighted by Gasteiger charge is 2.20. The molecule has 3 heterocycles. The van der Waals surface area contributed by atoms with Crippen LogP contribution in [0.15, 0.2) is 50.6 Å². The van der Waals surface area contributed by atoms with E-state index >= 15 is 0 Å². The molecule has 10 nitrogen and oxygen atoms in total. The molecule has 3 N–H and O–H groups in total. The monoisotopic (exact) mass is 439 g/mol. The van der Waals surface area contributed by atoms with E-state index in [9.17, 15) is 14.7 Å². The van der Waals surface area contributed by atoms with E-state index in [0.717, 1.165) is 11.1 Å². The van der Waals surface area contributed by atoms with E-state index in [-0.39, 0.29) is 24.3 Å². The smallest absolute Gasteiger partial charge is 0.329 e. The van der Waals surface area contributed by atoms with Gasteiger partial charge < -0.3 is 24.1 Å². The largest absolute Gasteiger partial charge is 0.491 e. The number of nitrogens with one attached hydrogen (secondary N) is 2. The van der Waals surface area contributed by atoms with E-state index in [1.165, 1.54) is 11.6 Å². The predicted octanol–water partition coefficient (Wildman–Crippen LogP) is 1.69. The molecule has 0 fully saturated rings. The van der Waals surface area contributed by atoms with Crippen LogP contribution in [0.4, 0.5) is 5.95 Å². The molecule has 0 bridgehead atoms. The summed E-state index contributed by atoms with van der Waals surface area (Å²) in [7, 11) is 1.52. The van der Waals surface area contributed by atoms with Crippen molar-refractivity contribution < 1.29 is 14.3 Å². The Morgan fingerprint density at radius 2 is 2.06 bits per heavy atom. The molecule has 0 saturated heterocycles. The van der Waals surface area contributed by atoms with Crippen molar-refractivity contribution in [1.82, 2.24) is 19.1 Å². The molecule has 0 spiro atoms. The number of aliphatic hydroxyl groups is 1. The maximum Gasteiger partial charge on any atom is 0.329 e. The number of hydrogen-bond acceptors (Lipinski definition) is 7. The summed E-state index contributed by atoms with van der Waals surface area (Å²) in [5, 5.41) is 13.8. The van der Waals surface area contributed by atoms with E-state index in [1.807, 2.05) is 32.0 Å². The molecule has 1 unspecified atom stereocenters. The van der Waals surface area contributed by atoms with Gasteiger partial charge in [0, 0.05) is 7.05 Å². The second kappa shape index (κ2) is 8.75. The third-order valence-corrected chi connectivity index (χ3v) is 5.32. The fourth-order valence-electron chi connectivity index (χ4n) is 3.39. The molecule has 0 amide bonds. The first-order valence-electron chi connectivity index (χ1n) is 10.2. The van der Waals surface area contributed by atoms with Gasteiger partial charge in [-0.3, -0.25) is 14.3 Å². The van der Waals surface area contributed by atoms with E-state index in [4.69, 9.17) is 9.15 Å². The summed E-state index contributed by atoms with van der Waals surface area (Å²) in [4.78, 5) is 31.3. The number of ether oxygens (including phenoxy) is 1. The SMILES string of the molecule is Cc1ccc(OCC(O)Cn2c(NCc3ccco3)nc3c2c(=O)[nH]c(=O)n3C)cc1C. The molecule has 1 aromatic carbocycles. The van der Waals surface area contributed by atoms with Crippen molar-refractivity contribution in [1.29, 1.82) is 0 Å².